The lowest BCUT2D eigenvalue weighted by atomic mass is 10.1. The molecule has 0 atom stereocenters. The van der Waals surface area contributed by atoms with Gasteiger partial charge in [0.2, 0.25) is 0 Å². The Morgan fingerprint density at radius 2 is 1.81 bits per heavy atom. The van der Waals surface area contributed by atoms with E-state index in [1.807, 2.05) is 54.6 Å². The normalized spacial score (nSPS) is 15.0. The summed E-state index contributed by atoms with van der Waals surface area (Å²) in [4.78, 5) is 15.1. The third-order valence-electron chi connectivity index (χ3n) is 4.97. The summed E-state index contributed by atoms with van der Waals surface area (Å²) in [6.07, 6.45) is 2.37. The highest BCUT2D eigenvalue weighted by atomic mass is 35.5. The van der Waals surface area contributed by atoms with E-state index in [-0.39, 0.29) is 5.91 Å². The second-order valence-corrected chi connectivity index (χ2v) is 9.09. The number of methoxy groups -OCH3 is 2. The summed E-state index contributed by atoms with van der Waals surface area (Å²) in [6.45, 7) is 0.478. The Labute approximate surface area is 200 Å². The lowest BCUT2D eigenvalue weighted by molar-refractivity contribution is -0.122. The number of ether oxygens (including phenoxy) is 2. The molecule has 1 aliphatic heterocycles. The SMILES string of the molecule is COc1ccc(CCN2C(=O)C(=Cc3ccc(-c4ccc(Cl)cc4)o3)SC2=S)cc1OC. The molecular weight excluding hydrogens is 466 g/mol. The van der Waals surface area contributed by atoms with Crippen LogP contribution in [0.25, 0.3) is 17.4 Å². The van der Waals surface area contributed by atoms with Gasteiger partial charge in [0.05, 0.1) is 19.1 Å². The first-order valence-electron chi connectivity index (χ1n) is 9.80. The van der Waals surface area contributed by atoms with Gasteiger partial charge in [0.1, 0.15) is 15.8 Å². The molecule has 164 valence electrons. The van der Waals surface area contributed by atoms with E-state index in [1.54, 1.807) is 25.2 Å². The Bertz CT molecular complexity index is 1190. The number of carbonyl (C=O) groups excluding carboxylic acids is 1. The van der Waals surface area contributed by atoms with E-state index in [0.717, 1.165) is 11.1 Å². The fraction of sp³-hybridized carbons (Fsp3) is 0.167. The van der Waals surface area contributed by atoms with E-state index in [4.69, 9.17) is 37.7 Å². The molecule has 5 nitrogen and oxygen atoms in total. The number of hydrogen-bond acceptors (Lipinski definition) is 6. The maximum atomic E-state index is 12.9. The van der Waals surface area contributed by atoms with Crippen LogP contribution in [0, 0.1) is 0 Å². The Morgan fingerprint density at radius 1 is 1.06 bits per heavy atom. The predicted molar refractivity (Wildman–Crippen MR) is 132 cm³/mol. The number of hydrogen-bond donors (Lipinski definition) is 0. The van der Waals surface area contributed by atoms with E-state index in [9.17, 15) is 4.79 Å². The van der Waals surface area contributed by atoms with Crippen molar-refractivity contribution in [2.24, 2.45) is 0 Å². The molecule has 0 spiro atoms. The first-order chi connectivity index (χ1) is 15.5. The summed E-state index contributed by atoms with van der Waals surface area (Å²) in [5.74, 6) is 2.50. The summed E-state index contributed by atoms with van der Waals surface area (Å²) in [7, 11) is 3.20. The highest BCUT2D eigenvalue weighted by Gasteiger charge is 2.32. The lowest BCUT2D eigenvalue weighted by Crippen LogP contribution is -2.30. The standard InChI is InChI=1S/C24H20ClNO4S2/c1-28-20-9-3-15(13-21(20)29-2)11-12-26-23(27)22(32-24(26)31)14-18-8-10-19(30-18)16-4-6-17(25)7-5-16/h3-10,13-14H,11-12H2,1-2H3. The van der Waals surface area contributed by atoms with E-state index in [1.165, 1.54) is 11.8 Å². The van der Waals surface area contributed by atoms with Gasteiger partial charge in [-0.1, -0.05) is 41.6 Å². The van der Waals surface area contributed by atoms with Crippen molar-refractivity contribution in [2.45, 2.75) is 6.42 Å². The summed E-state index contributed by atoms with van der Waals surface area (Å²) < 4.78 is 17.1. The topological polar surface area (TPSA) is 51.9 Å². The Kier molecular flexibility index (Phi) is 6.89. The average Bonchev–Trinajstić information content (AvgIpc) is 3.37. The maximum absolute atomic E-state index is 12.9. The minimum Gasteiger partial charge on any atom is -0.493 e. The van der Waals surface area contributed by atoms with Crippen molar-refractivity contribution in [3.8, 4) is 22.8 Å². The third kappa shape index (κ3) is 4.85. The zero-order chi connectivity index (χ0) is 22.7. The van der Waals surface area contributed by atoms with Crippen LogP contribution in [0.2, 0.25) is 5.02 Å². The molecule has 32 heavy (non-hydrogen) atoms. The van der Waals surface area contributed by atoms with Crippen LogP contribution in [0.4, 0.5) is 0 Å². The minimum atomic E-state index is -0.120. The Morgan fingerprint density at radius 3 is 2.53 bits per heavy atom. The largest absolute Gasteiger partial charge is 0.493 e. The molecule has 2 aromatic carbocycles. The van der Waals surface area contributed by atoms with Gasteiger partial charge in [0.15, 0.2) is 11.5 Å². The molecule has 0 N–H and O–H groups in total. The minimum absolute atomic E-state index is 0.120. The highest BCUT2D eigenvalue weighted by Crippen LogP contribution is 2.34. The van der Waals surface area contributed by atoms with Crippen molar-refractivity contribution in [1.29, 1.82) is 0 Å². The van der Waals surface area contributed by atoms with Crippen molar-refractivity contribution in [3.63, 3.8) is 0 Å². The van der Waals surface area contributed by atoms with Crippen molar-refractivity contribution in [1.82, 2.24) is 4.90 Å². The monoisotopic (exact) mass is 485 g/mol. The number of thiocarbonyl (C=S) groups is 1. The number of thioether (sulfide) groups is 1. The van der Waals surface area contributed by atoms with E-state index >= 15 is 0 Å². The van der Waals surface area contributed by atoms with Crippen LogP contribution in [0.1, 0.15) is 11.3 Å². The van der Waals surface area contributed by atoms with Crippen LogP contribution in [0.5, 0.6) is 11.5 Å². The zero-order valence-electron chi connectivity index (χ0n) is 17.5. The average molecular weight is 486 g/mol. The Hall–Kier alpha value is -2.74. The number of rotatable bonds is 7. The summed E-state index contributed by atoms with van der Waals surface area (Å²) >= 11 is 12.7. The second-order valence-electron chi connectivity index (χ2n) is 6.98. The highest BCUT2D eigenvalue weighted by molar-refractivity contribution is 8.26. The maximum Gasteiger partial charge on any atom is 0.266 e. The van der Waals surface area contributed by atoms with Crippen LogP contribution in [-0.4, -0.2) is 35.9 Å². The lowest BCUT2D eigenvalue weighted by Gasteiger charge is -2.15. The van der Waals surface area contributed by atoms with Gasteiger partial charge in [0, 0.05) is 23.2 Å². The molecule has 1 aliphatic rings. The molecule has 3 aromatic rings. The van der Waals surface area contributed by atoms with Gasteiger partial charge < -0.3 is 13.9 Å². The van der Waals surface area contributed by atoms with Crippen LogP contribution < -0.4 is 9.47 Å². The summed E-state index contributed by atoms with van der Waals surface area (Å²) in [5, 5.41) is 0.664. The summed E-state index contributed by atoms with van der Waals surface area (Å²) in [6, 6.07) is 16.8. The zero-order valence-corrected chi connectivity index (χ0v) is 19.9. The van der Waals surface area contributed by atoms with Crippen LogP contribution in [-0.2, 0) is 11.2 Å². The smallest absolute Gasteiger partial charge is 0.266 e. The molecule has 2 heterocycles. The number of nitrogens with zero attached hydrogens (tertiary/aromatic N) is 1. The van der Waals surface area contributed by atoms with Gasteiger partial charge in [-0.05, 0) is 60.5 Å². The van der Waals surface area contributed by atoms with Crippen molar-refractivity contribution in [3.05, 3.63) is 75.8 Å². The van der Waals surface area contributed by atoms with Crippen molar-refractivity contribution < 1.29 is 18.7 Å². The molecular formula is C24H20ClNO4S2. The second kappa shape index (κ2) is 9.81. The van der Waals surface area contributed by atoms with Gasteiger partial charge in [-0.15, -0.1) is 0 Å². The molecule has 1 aromatic heterocycles. The molecule has 1 fully saturated rings. The van der Waals surface area contributed by atoms with Crippen molar-refractivity contribution in [2.75, 3.05) is 20.8 Å². The third-order valence-corrected chi connectivity index (χ3v) is 6.60. The number of carbonyl (C=O) groups is 1. The molecule has 1 amide bonds. The van der Waals surface area contributed by atoms with Gasteiger partial charge >= 0.3 is 0 Å². The molecule has 4 rings (SSSR count). The molecule has 0 bridgehead atoms. The molecule has 0 unspecified atom stereocenters. The molecule has 1 saturated heterocycles. The van der Waals surface area contributed by atoms with Crippen LogP contribution in [0.15, 0.2) is 63.9 Å². The van der Waals surface area contributed by atoms with Gasteiger partial charge in [-0.2, -0.15) is 0 Å². The quantitative estimate of drug-likeness (QED) is 0.299. The fourth-order valence-electron chi connectivity index (χ4n) is 3.30. The number of benzene rings is 2. The molecule has 0 aliphatic carbocycles. The van der Waals surface area contributed by atoms with Gasteiger partial charge in [0.25, 0.3) is 5.91 Å². The molecule has 0 radical (unpaired) electrons. The molecule has 0 saturated carbocycles. The van der Waals surface area contributed by atoms with Crippen LogP contribution in [0.3, 0.4) is 0 Å². The number of halogens is 1. The van der Waals surface area contributed by atoms with E-state index < -0.39 is 0 Å². The Balaban J connectivity index is 1.45. The van der Waals surface area contributed by atoms with Crippen LogP contribution >= 0.6 is 35.6 Å². The van der Waals surface area contributed by atoms with E-state index in [0.29, 0.717) is 50.2 Å². The first-order valence-corrected chi connectivity index (χ1v) is 11.4. The van der Waals surface area contributed by atoms with Gasteiger partial charge in [-0.25, -0.2) is 0 Å². The predicted octanol–water partition coefficient (Wildman–Crippen LogP) is 6.06. The number of amides is 1. The summed E-state index contributed by atoms with van der Waals surface area (Å²) in [5.41, 5.74) is 1.94. The number of furan rings is 1. The van der Waals surface area contributed by atoms with E-state index in [2.05, 4.69) is 0 Å². The van der Waals surface area contributed by atoms with Crippen molar-refractivity contribution >= 4 is 51.9 Å². The molecule has 8 heteroatoms. The fourth-order valence-corrected chi connectivity index (χ4v) is 4.71. The van der Waals surface area contributed by atoms with Gasteiger partial charge in [-0.3, -0.25) is 9.69 Å². The first kappa shape index (κ1) is 22.5.